The molecule has 0 spiro atoms. The topological polar surface area (TPSA) is 96.7 Å². The second-order valence-electron chi connectivity index (χ2n) is 7.95. The summed E-state index contributed by atoms with van der Waals surface area (Å²) in [7, 11) is -1.46. The number of anilines is 2. The molecule has 1 aromatic carbocycles. The van der Waals surface area contributed by atoms with Crippen molar-refractivity contribution in [2.45, 2.75) is 11.8 Å². The fourth-order valence-electron chi connectivity index (χ4n) is 3.90. The van der Waals surface area contributed by atoms with E-state index in [1.807, 2.05) is 19.1 Å². The number of hydrogen-bond donors (Lipinski definition) is 0. The lowest BCUT2D eigenvalue weighted by atomic mass is 10.2. The van der Waals surface area contributed by atoms with Crippen molar-refractivity contribution in [3.63, 3.8) is 0 Å². The molecule has 2 fully saturated rings. The van der Waals surface area contributed by atoms with Gasteiger partial charge in [-0.25, -0.2) is 18.4 Å². The van der Waals surface area contributed by atoms with Gasteiger partial charge >= 0.3 is 0 Å². The van der Waals surface area contributed by atoms with E-state index in [1.165, 1.54) is 28.6 Å². The summed E-state index contributed by atoms with van der Waals surface area (Å²) in [5, 5.41) is 8.92. The molecule has 0 N–H and O–H groups in total. The third kappa shape index (κ3) is 4.63. The number of nitriles is 1. The van der Waals surface area contributed by atoms with Crippen molar-refractivity contribution >= 4 is 21.7 Å². The number of nitrogens with zero attached hydrogens (tertiary/aromatic N) is 7. The molecular formula is C21H27N7O2S. The average Bonchev–Trinajstić information content (AvgIpc) is 2.79. The average molecular weight is 442 g/mol. The van der Waals surface area contributed by atoms with Gasteiger partial charge in [-0.05, 0) is 38.2 Å². The summed E-state index contributed by atoms with van der Waals surface area (Å²) in [5.41, 5.74) is 0.444. The number of piperazine rings is 2. The highest BCUT2D eigenvalue weighted by molar-refractivity contribution is 7.89. The molecule has 10 heteroatoms. The molecule has 0 amide bonds. The summed E-state index contributed by atoms with van der Waals surface area (Å²) in [4.78, 5) is 16.2. The zero-order valence-electron chi connectivity index (χ0n) is 17.9. The fourth-order valence-corrected chi connectivity index (χ4v) is 5.33. The highest BCUT2D eigenvalue weighted by atomic mass is 32.2. The van der Waals surface area contributed by atoms with E-state index in [1.54, 1.807) is 0 Å². The minimum absolute atomic E-state index is 0.218. The lowest BCUT2D eigenvalue weighted by Crippen LogP contribution is -2.49. The normalized spacial score (nSPS) is 18.7. The molecule has 0 aliphatic carbocycles. The molecule has 0 radical (unpaired) electrons. The molecule has 4 rings (SSSR count). The number of aromatic nitrogens is 2. The number of rotatable bonds is 4. The molecule has 0 unspecified atom stereocenters. The van der Waals surface area contributed by atoms with E-state index in [0.29, 0.717) is 31.7 Å². The first kappa shape index (κ1) is 21.5. The summed E-state index contributed by atoms with van der Waals surface area (Å²) in [5.74, 6) is 2.50. The van der Waals surface area contributed by atoms with Crippen LogP contribution >= 0.6 is 0 Å². The van der Waals surface area contributed by atoms with Gasteiger partial charge in [-0.3, -0.25) is 0 Å². The van der Waals surface area contributed by atoms with Crippen molar-refractivity contribution < 1.29 is 8.42 Å². The summed E-state index contributed by atoms with van der Waals surface area (Å²) >= 11 is 0. The number of likely N-dealkylation sites (N-methyl/N-ethyl adjacent to an activating group) is 1. The Morgan fingerprint density at radius 1 is 0.871 bits per heavy atom. The highest BCUT2D eigenvalue weighted by Crippen LogP contribution is 2.24. The van der Waals surface area contributed by atoms with Gasteiger partial charge in [-0.1, -0.05) is 0 Å². The Morgan fingerprint density at radius 3 is 1.90 bits per heavy atom. The first-order chi connectivity index (χ1) is 14.9. The van der Waals surface area contributed by atoms with E-state index in [4.69, 9.17) is 5.26 Å². The summed E-state index contributed by atoms with van der Waals surface area (Å²) in [6.45, 7) is 7.67. The van der Waals surface area contributed by atoms with Gasteiger partial charge < -0.3 is 14.7 Å². The maximum Gasteiger partial charge on any atom is 0.243 e. The van der Waals surface area contributed by atoms with E-state index < -0.39 is 10.0 Å². The smallest absolute Gasteiger partial charge is 0.243 e. The van der Waals surface area contributed by atoms with Crippen molar-refractivity contribution in [1.82, 2.24) is 19.2 Å². The molecular weight excluding hydrogens is 414 g/mol. The molecule has 2 aliphatic rings. The van der Waals surface area contributed by atoms with Crippen LogP contribution in [0.1, 0.15) is 11.4 Å². The number of benzene rings is 1. The maximum atomic E-state index is 13.0. The largest absolute Gasteiger partial charge is 0.354 e. The van der Waals surface area contributed by atoms with Crippen LogP contribution in [0.5, 0.6) is 0 Å². The highest BCUT2D eigenvalue weighted by Gasteiger charge is 2.29. The maximum absolute atomic E-state index is 13.0. The van der Waals surface area contributed by atoms with Crippen molar-refractivity contribution in [3.05, 3.63) is 41.7 Å². The van der Waals surface area contributed by atoms with Crippen LogP contribution in [-0.4, -0.2) is 87.0 Å². The van der Waals surface area contributed by atoms with E-state index in [9.17, 15) is 8.42 Å². The zero-order valence-corrected chi connectivity index (χ0v) is 18.7. The van der Waals surface area contributed by atoms with E-state index in [-0.39, 0.29) is 4.90 Å². The lowest BCUT2D eigenvalue weighted by Gasteiger charge is -2.36. The third-order valence-corrected chi connectivity index (χ3v) is 7.73. The van der Waals surface area contributed by atoms with Crippen LogP contribution in [0, 0.1) is 18.3 Å². The van der Waals surface area contributed by atoms with Gasteiger partial charge in [0.05, 0.1) is 16.5 Å². The molecule has 0 bridgehead atoms. The Bertz CT molecular complexity index is 1070. The van der Waals surface area contributed by atoms with Gasteiger partial charge in [0.1, 0.15) is 17.5 Å². The van der Waals surface area contributed by atoms with Crippen molar-refractivity contribution in [2.24, 2.45) is 0 Å². The monoisotopic (exact) mass is 441 g/mol. The van der Waals surface area contributed by atoms with Gasteiger partial charge in [-0.15, -0.1) is 0 Å². The predicted molar refractivity (Wildman–Crippen MR) is 119 cm³/mol. The summed E-state index contributed by atoms with van der Waals surface area (Å²) in [6.07, 6.45) is 0. The van der Waals surface area contributed by atoms with Crippen LogP contribution in [-0.2, 0) is 10.0 Å². The Balaban J connectivity index is 1.45. The molecule has 31 heavy (non-hydrogen) atoms. The second-order valence-corrected chi connectivity index (χ2v) is 9.89. The Labute approximate surface area is 183 Å². The van der Waals surface area contributed by atoms with Crippen LogP contribution < -0.4 is 9.80 Å². The minimum Gasteiger partial charge on any atom is -0.354 e. The summed E-state index contributed by atoms with van der Waals surface area (Å²) < 4.78 is 27.4. The van der Waals surface area contributed by atoms with Gasteiger partial charge in [-0.2, -0.15) is 9.57 Å². The number of hydrogen-bond acceptors (Lipinski definition) is 8. The van der Waals surface area contributed by atoms with Gasteiger partial charge in [0, 0.05) is 58.4 Å². The third-order valence-electron chi connectivity index (χ3n) is 5.82. The molecule has 9 nitrogen and oxygen atoms in total. The first-order valence-corrected chi connectivity index (χ1v) is 11.9. The van der Waals surface area contributed by atoms with E-state index in [0.717, 1.165) is 43.6 Å². The Morgan fingerprint density at radius 2 is 1.39 bits per heavy atom. The van der Waals surface area contributed by atoms with Crippen LogP contribution in [0.15, 0.2) is 35.2 Å². The summed E-state index contributed by atoms with van der Waals surface area (Å²) in [6, 6.07) is 10.1. The lowest BCUT2D eigenvalue weighted by molar-refractivity contribution is 0.312. The van der Waals surface area contributed by atoms with Gasteiger partial charge in [0.25, 0.3) is 0 Å². The van der Waals surface area contributed by atoms with Gasteiger partial charge in [0.2, 0.25) is 10.0 Å². The van der Waals surface area contributed by atoms with Crippen LogP contribution in [0.3, 0.4) is 0 Å². The molecule has 3 heterocycles. The molecule has 1 aromatic heterocycles. The predicted octanol–water partition coefficient (Wildman–Crippen LogP) is 0.919. The molecule has 164 valence electrons. The second kappa shape index (κ2) is 8.78. The number of aryl methyl sites for hydroxylation is 1. The number of sulfonamides is 1. The molecule has 0 atom stereocenters. The van der Waals surface area contributed by atoms with Crippen molar-refractivity contribution in [3.8, 4) is 6.07 Å². The zero-order chi connectivity index (χ0) is 22.0. The SMILES string of the molecule is Cc1nc(N2CCN(C)CC2)cc(N2CCN(S(=O)(=O)c3ccc(C#N)cc3)CC2)n1. The van der Waals surface area contributed by atoms with Crippen LogP contribution in [0.2, 0.25) is 0 Å². The quantitative estimate of drug-likeness (QED) is 0.691. The molecule has 0 saturated carbocycles. The first-order valence-electron chi connectivity index (χ1n) is 10.4. The fraction of sp³-hybridized carbons (Fsp3) is 0.476. The minimum atomic E-state index is -3.58. The van der Waals surface area contributed by atoms with E-state index >= 15 is 0 Å². The molecule has 2 aliphatic heterocycles. The molecule has 2 aromatic rings. The molecule has 2 saturated heterocycles. The van der Waals surface area contributed by atoms with Crippen molar-refractivity contribution in [1.29, 1.82) is 5.26 Å². The standard InChI is InChI=1S/C21H27N7O2S/c1-17-23-20(26-9-7-25(2)8-10-26)15-21(24-17)27-11-13-28(14-12-27)31(29,30)19-5-3-18(16-22)4-6-19/h3-6,15H,7-14H2,1-2H3. The Hall–Kier alpha value is -2.74. The van der Waals surface area contributed by atoms with E-state index in [2.05, 4.69) is 31.7 Å². The van der Waals surface area contributed by atoms with Crippen molar-refractivity contribution in [2.75, 3.05) is 69.2 Å². The van der Waals surface area contributed by atoms with Gasteiger partial charge in [0.15, 0.2) is 0 Å². The van der Waals surface area contributed by atoms with Crippen LogP contribution in [0.4, 0.5) is 11.6 Å². The van der Waals surface area contributed by atoms with Crippen LogP contribution in [0.25, 0.3) is 0 Å². The Kier molecular flexibility index (Phi) is 6.09.